The summed E-state index contributed by atoms with van der Waals surface area (Å²) < 4.78 is 1.62. The Morgan fingerprint density at radius 2 is 1.83 bits per heavy atom. The predicted octanol–water partition coefficient (Wildman–Crippen LogP) is 3.88. The number of rotatable bonds is 6. The van der Waals surface area contributed by atoms with E-state index < -0.39 is 0 Å². The summed E-state index contributed by atoms with van der Waals surface area (Å²) in [5.41, 5.74) is 3.36. The minimum atomic E-state index is -0.00451. The molecule has 0 N–H and O–H groups in total. The first kappa shape index (κ1) is 20.3. The van der Waals surface area contributed by atoms with E-state index in [0.717, 1.165) is 29.7 Å². The van der Waals surface area contributed by atoms with Crippen LogP contribution < -0.4 is 0 Å². The number of Topliss-reactive ketones (excluding diaryl/α,β-unsaturated/α-hetero) is 2. The molecular formula is C24H27N3O3. The summed E-state index contributed by atoms with van der Waals surface area (Å²) in [6.45, 7) is 3.27. The number of hydrogen-bond donors (Lipinski definition) is 0. The number of benzene rings is 1. The number of carbonyl (C=O) groups excluding carboxylic acids is 3. The van der Waals surface area contributed by atoms with Gasteiger partial charge in [-0.15, -0.1) is 0 Å². The lowest BCUT2D eigenvalue weighted by molar-refractivity contribution is -0.132. The van der Waals surface area contributed by atoms with Gasteiger partial charge in [0.25, 0.3) is 0 Å². The van der Waals surface area contributed by atoms with Crippen LogP contribution >= 0.6 is 0 Å². The van der Waals surface area contributed by atoms with Crippen LogP contribution in [0.5, 0.6) is 0 Å². The van der Waals surface area contributed by atoms with Gasteiger partial charge in [-0.05, 0) is 44.7 Å². The number of amides is 1. The third-order valence-electron chi connectivity index (χ3n) is 6.04. The summed E-state index contributed by atoms with van der Waals surface area (Å²) in [4.78, 5) is 39.2. The van der Waals surface area contributed by atoms with Gasteiger partial charge in [-0.25, -0.2) is 4.68 Å². The smallest absolute Gasteiger partial charge is 0.222 e. The van der Waals surface area contributed by atoms with Crippen molar-refractivity contribution in [1.29, 1.82) is 0 Å². The number of likely N-dealkylation sites (tertiary alicyclic amines) is 1. The monoisotopic (exact) mass is 405 g/mol. The molecule has 0 bridgehead atoms. The van der Waals surface area contributed by atoms with Crippen molar-refractivity contribution < 1.29 is 14.4 Å². The number of aromatic nitrogens is 1. The third kappa shape index (κ3) is 4.42. The summed E-state index contributed by atoms with van der Waals surface area (Å²) in [5, 5.41) is 4.48. The molecule has 0 atom stereocenters. The Morgan fingerprint density at radius 3 is 2.57 bits per heavy atom. The summed E-state index contributed by atoms with van der Waals surface area (Å²) in [6, 6.07) is 11.3. The number of nitrogens with zero attached hydrogens (tertiary/aromatic N) is 3. The van der Waals surface area contributed by atoms with Gasteiger partial charge < -0.3 is 4.90 Å². The molecular weight excluding hydrogens is 378 g/mol. The van der Waals surface area contributed by atoms with Gasteiger partial charge >= 0.3 is 0 Å². The molecule has 1 amide bonds. The lowest BCUT2D eigenvalue weighted by Crippen LogP contribution is -2.40. The minimum Gasteiger partial charge on any atom is -0.343 e. The zero-order valence-electron chi connectivity index (χ0n) is 17.3. The van der Waals surface area contributed by atoms with E-state index in [-0.39, 0.29) is 23.4 Å². The van der Waals surface area contributed by atoms with Gasteiger partial charge in [0.2, 0.25) is 5.91 Å². The maximum atomic E-state index is 12.7. The van der Waals surface area contributed by atoms with Gasteiger partial charge in [-0.3, -0.25) is 14.4 Å². The highest BCUT2D eigenvalue weighted by atomic mass is 16.2. The van der Waals surface area contributed by atoms with E-state index in [1.165, 1.54) is 0 Å². The topological polar surface area (TPSA) is 71.7 Å². The fourth-order valence-electron chi connectivity index (χ4n) is 4.23. The standard InChI is InChI=1S/C24H27N3O3/c1-17-7-9-18(10-8-17)24(30)19-11-14-26(15-12-19)23(29)6-2-4-20-16-22(28)21-5-3-13-27(21)25-20/h3,5,7-10,13,19H,2,4,6,11-12,14-16H2,1H3. The van der Waals surface area contributed by atoms with Crippen LogP contribution in [0.1, 0.15) is 64.9 Å². The average Bonchev–Trinajstić information content (AvgIpc) is 3.23. The van der Waals surface area contributed by atoms with Crippen LogP contribution in [0.15, 0.2) is 47.7 Å². The third-order valence-corrected chi connectivity index (χ3v) is 6.04. The van der Waals surface area contributed by atoms with E-state index in [2.05, 4.69) is 5.10 Å². The van der Waals surface area contributed by atoms with Crippen LogP contribution in [0.2, 0.25) is 0 Å². The molecule has 6 heteroatoms. The Hall–Kier alpha value is -3.02. The van der Waals surface area contributed by atoms with Gasteiger partial charge in [0.1, 0.15) is 5.69 Å². The molecule has 1 saturated heterocycles. The van der Waals surface area contributed by atoms with Crippen molar-refractivity contribution in [3.63, 3.8) is 0 Å². The Balaban J connectivity index is 1.23. The second-order valence-electron chi connectivity index (χ2n) is 8.24. The minimum absolute atomic E-state index is 0.00451. The van der Waals surface area contributed by atoms with E-state index >= 15 is 0 Å². The average molecular weight is 405 g/mol. The summed E-state index contributed by atoms with van der Waals surface area (Å²) in [5.74, 6) is 0.388. The van der Waals surface area contributed by atoms with Crippen LogP contribution in [-0.4, -0.2) is 45.9 Å². The first-order chi connectivity index (χ1) is 14.5. The largest absolute Gasteiger partial charge is 0.343 e. The molecule has 0 saturated carbocycles. The first-order valence-electron chi connectivity index (χ1n) is 10.7. The molecule has 0 radical (unpaired) electrons. The normalized spacial score (nSPS) is 16.9. The van der Waals surface area contributed by atoms with Crippen LogP contribution in [0.25, 0.3) is 0 Å². The van der Waals surface area contributed by atoms with E-state index in [1.54, 1.807) is 16.9 Å². The van der Waals surface area contributed by atoms with Gasteiger partial charge in [0, 0.05) is 42.9 Å². The van der Waals surface area contributed by atoms with E-state index in [9.17, 15) is 14.4 Å². The van der Waals surface area contributed by atoms with Gasteiger partial charge in [-0.2, -0.15) is 5.10 Å². The number of hydrogen-bond acceptors (Lipinski definition) is 4. The molecule has 4 rings (SSSR count). The molecule has 2 aliphatic rings. The second kappa shape index (κ2) is 8.78. The SMILES string of the molecule is Cc1ccc(C(=O)C2CCN(C(=O)CCCC3=Nn4cccc4C(=O)C3)CC2)cc1. The Bertz CT molecular complexity index is 979. The molecule has 1 fully saturated rings. The van der Waals surface area contributed by atoms with Crippen molar-refractivity contribution in [2.24, 2.45) is 11.0 Å². The first-order valence-corrected chi connectivity index (χ1v) is 10.7. The van der Waals surface area contributed by atoms with Crippen molar-refractivity contribution in [2.75, 3.05) is 13.1 Å². The van der Waals surface area contributed by atoms with Gasteiger partial charge in [0.05, 0.1) is 6.42 Å². The molecule has 1 aromatic heterocycles. The van der Waals surface area contributed by atoms with Gasteiger partial charge in [-0.1, -0.05) is 29.8 Å². The van der Waals surface area contributed by atoms with Crippen molar-refractivity contribution in [3.05, 3.63) is 59.4 Å². The number of ketones is 2. The maximum Gasteiger partial charge on any atom is 0.222 e. The number of fused-ring (bicyclic) bond motifs is 1. The molecule has 0 aliphatic carbocycles. The second-order valence-corrected chi connectivity index (χ2v) is 8.24. The molecule has 1 aromatic carbocycles. The zero-order valence-corrected chi connectivity index (χ0v) is 17.3. The molecule has 2 aliphatic heterocycles. The summed E-state index contributed by atoms with van der Waals surface area (Å²) >= 11 is 0. The van der Waals surface area contributed by atoms with Crippen molar-refractivity contribution in [1.82, 2.24) is 9.58 Å². The van der Waals surface area contributed by atoms with E-state index in [0.29, 0.717) is 44.5 Å². The van der Waals surface area contributed by atoms with Crippen LogP contribution in [0.3, 0.4) is 0 Å². The van der Waals surface area contributed by atoms with Crippen molar-refractivity contribution >= 4 is 23.2 Å². The quantitative estimate of drug-likeness (QED) is 0.685. The van der Waals surface area contributed by atoms with E-state index in [1.807, 2.05) is 42.2 Å². The lowest BCUT2D eigenvalue weighted by Gasteiger charge is -2.31. The van der Waals surface area contributed by atoms with Crippen LogP contribution in [0, 0.1) is 12.8 Å². The Kier molecular flexibility index (Phi) is 5.93. The predicted molar refractivity (Wildman–Crippen MR) is 115 cm³/mol. The highest BCUT2D eigenvalue weighted by Crippen LogP contribution is 2.23. The van der Waals surface area contributed by atoms with Crippen molar-refractivity contribution in [3.8, 4) is 0 Å². The fraction of sp³-hybridized carbons (Fsp3) is 0.417. The molecule has 156 valence electrons. The highest BCUT2D eigenvalue weighted by Gasteiger charge is 2.28. The number of carbonyl (C=O) groups is 3. The highest BCUT2D eigenvalue weighted by molar-refractivity contribution is 6.10. The van der Waals surface area contributed by atoms with Crippen molar-refractivity contribution in [2.45, 2.75) is 45.4 Å². The summed E-state index contributed by atoms with van der Waals surface area (Å²) in [7, 11) is 0. The molecule has 2 aromatic rings. The van der Waals surface area contributed by atoms with Crippen LogP contribution in [-0.2, 0) is 4.79 Å². The molecule has 0 spiro atoms. The van der Waals surface area contributed by atoms with Crippen LogP contribution in [0.4, 0.5) is 0 Å². The van der Waals surface area contributed by atoms with Gasteiger partial charge in [0.15, 0.2) is 11.6 Å². The zero-order chi connectivity index (χ0) is 21.1. The maximum absolute atomic E-state index is 12.7. The fourth-order valence-corrected chi connectivity index (χ4v) is 4.23. The molecule has 3 heterocycles. The Morgan fingerprint density at radius 1 is 1.10 bits per heavy atom. The number of aryl methyl sites for hydroxylation is 1. The molecule has 30 heavy (non-hydrogen) atoms. The molecule has 0 unspecified atom stereocenters. The van der Waals surface area contributed by atoms with E-state index in [4.69, 9.17) is 0 Å². The lowest BCUT2D eigenvalue weighted by atomic mass is 9.88. The summed E-state index contributed by atoms with van der Waals surface area (Å²) in [6.07, 6.45) is 5.33. The number of piperidine rings is 1. The Labute approximate surface area is 176 Å². The molecule has 6 nitrogen and oxygen atoms in total.